The standard InChI is InChI=1S/C13H13F2N3/c1-8-5-6-17-7-9(8)13(18-16)12-10(14)3-2-4-11(12)15/h2-7,13,18H,16H2,1H3. The molecule has 0 amide bonds. The second kappa shape index (κ2) is 5.20. The molecule has 0 fully saturated rings. The van der Waals surface area contributed by atoms with Crippen molar-refractivity contribution >= 4 is 0 Å². The smallest absolute Gasteiger partial charge is 0.131 e. The Bertz CT molecular complexity index is 537. The number of hydrazine groups is 1. The number of hydrogen-bond donors (Lipinski definition) is 2. The average molecular weight is 249 g/mol. The minimum Gasteiger partial charge on any atom is -0.271 e. The first-order valence-electron chi connectivity index (χ1n) is 5.45. The van der Waals surface area contributed by atoms with Crippen LogP contribution in [0.25, 0.3) is 0 Å². The SMILES string of the molecule is Cc1ccncc1C(NN)c1c(F)cccc1F. The quantitative estimate of drug-likeness (QED) is 0.647. The van der Waals surface area contributed by atoms with Crippen LogP contribution < -0.4 is 11.3 Å². The number of rotatable bonds is 3. The van der Waals surface area contributed by atoms with Gasteiger partial charge >= 0.3 is 0 Å². The van der Waals surface area contributed by atoms with Crippen LogP contribution in [0.15, 0.2) is 36.7 Å². The Kier molecular flexibility index (Phi) is 3.64. The second-order valence-electron chi connectivity index (χ2n) is 3.97. The highest BCUT2D eigenvalue weighted by molar-refractivity contribution is 5.36. The van der Waals surface area contributed by atoms with Gasteiger partial charge in [0.25, 0.3) is 0 Å². The van der Waals surface area contributed by atoms with Gasteiger partial charge in [-0.1, -0.05) is 6.07 Å². The van der Waals surface area contributed by atoms with Crippen LogP contribution in [0.4, 0.5) is 8.78 Å². The van der Waals surface area contributed by atoms with Gasteiger partial charge in [-0.15, -0.1) is 0 Å². The fraction of sp³-hybridized carbons (Fsp3) is 0.154. The van der Waals surface area contributed by atoms with Gasteiger partial charge in [-0.05, 0) is 36.2 Å². The number of pyridine rings is 1. The van der Waals surface area contributed by atoms with E-state index in [1.807, 2.05) is 6.92 Å². The minimum atomic E-state index is -0.764. The molecule has 1 atom stereocenters. The van der Waals surface area contributed by atoms with Gasteiger partial charge in [-0.2, -0.15) is 0 Å². The first-order chi connectivity index (χ1) is 8.65. The van der Waals surface area contributed by atoms with Gasteiger partial charge in [0.15, 0.2) is 0 Å². The molecule has 0 bridgehead atoms. The van der Waals surface area contributed by atoms with Gasteiger partial charge in [-0.25, -0.2) is 14.2 Å². The van der Waals surface area contributed by atoms with E-state index in [9.17, 15) is 8.78 Å². The highest BCUT2D eigenvalue weighted by Gasteiger charge is 2.22. The fourth-order valence-corrected chi connectivity index (χ4v) is 1.89. The van der Waals surface area contributed by atoms with E-state index in [2.05, 4.69) is 10.4 Å². The number of benzene rings is 1. The average Bonchev–Trinajstić information content (AvgIpc) is 2.35. The number of nitrogens with one attached hydrogen (secondary N) is 1. The predicted octanol–water partition coefficient (Wildman–Crippen LogP) is 2.22. The van der Waals surface area contributed by atoms with E-state index < -0.39 is 17.7 Å². The van der Waals surface area contributed by atoms with E-state index in [1.54, 1.807) is 18.5 Å². The summed E-state index contributed by atoms with van der Waals surface area (Å²) in [5, 5.41) is 0. The van der Waals surface area contributed by atoms with Crippen molar-refractivity contribution in [3.63, 3.8) is 0 Å². The first kappa shape index (κ1) is 12.6. The Balaban J connectivity index is 2.56. The summed E-state index contributed by atoms with van der Waals surface area (Å²) in [6.45, 7) is 1.83. The van der Waals surface area contributed by atoms with Crippen LogP contribution >= 0.6 is 0 Å². The largest absolute Gasteiger partial charge is 0.271 e. The third-order valence-corrected chi connectivity index (χ3v) is 2.85. The summed E-state index contributed by atoms with van der Waals surface area (Å²) in [7, 11) is 0. The molecule has 1 unspecified atom stereocenters. The summed E-state index contributed by atoms with van der Waals surface area (Å²) in [6, 6.07) is 4.72. The summed E-state index contributed by atoms with van der Waals surface area (Å²) < 4.78 is 27.5. The molecule has 1 aromatic heterocycles. The van der Waals surface area contributed by atoms with E-state index >= 15 is 0 Å². The molecule has 3 N–H and O–H groups in total. The molecule has 2 aromatic rings. The number of aromatic nitrogens is 1. The molecule has 1 heterocycles. The lowest BCUT2D eigenvalue weighted by molar-refractivity contribution is 0.509. The molecule has 0 saturated heterocycles. The van der Waals surface area contributed by atoms with Gasteiger partial charge in [0.05, 0.1) is 6.04 Å². The highest BCUT2D eigenvalue weighted by atomic mass is 19.1. The molecule has 0 aliphatic carbocycles. The molecule has 0 spiro atoms. The van der Waals surface area contributed by atoms with Crippen LogP contribution in [-0.2, 0) is 0 Å². The number of nitrogens with zero attached hydrogens (tertiary/aromatic N) is 1. The van der Waals surface area contributed by atoms with Crippen molar-refractivity contribution in [3.05, 3.63) is 65.0 Å². The second-order valence-corrected chi connectivity index (χ2v) is 3.97. The summed E-state index contributed by atoms with van der Waals surface area (Å²) in [5.41, 5.74) is 3.84. The van der Waals surface area contributed by atoms with Crippen molar-refractivity contribution in [2.24, 2.45) is 5.84 Å². The lowest BCUT2D eigenvalue weighted by Gasteiger charge is -2.19. The van der Waals surface area contributed by atoms with Crippen molar-refractivity contribution in [3.8, 4) is 0 Å². The van der Waals surface area contributed by atoms with Crippen LogP contribution in [0.1, 0.15) is 22.7 Å². The van der Waals surface area contributed by atoms with Gasteiger partial charge < -0.3 is 0 Å². The van der Waals surface area contributed by atoms with Crippen LogP contribution in [-0.4, -0.2) is 4.98 Å². The van der Waals surface area contributed by atoms with Crippen molar-refractivity contribution < 1.29 is 8.78 Å². The maximum atomic E-state index is 13.7. The third kappa shape index (κ3) is 2.23. The molecular weight excluding hydrogens is 236 g/mol. The molecule has 1 aromatic carbocycles. The summed E-state index contributed by atoms with van der Waals surface area (Å²) in [6.07, 6.45) is 3.16. The van der Waals surface area contributed by atoms with E-state index in [-0.39, 0.29) is 5.56 Å². The van der Waals surface area contributed by atoms with Crippen molar-refractivity contribution in [2.75, 3.05) is 0 Å². The van der Waals surface area contributed by atoms with Crippen molar-refractivity contribution in [1.29, 1.82) is 0 Å². The maximum absolute atomic E-state index is 13.7. The van der Waals surface area contributed by atoms with Gasteiger partial charge in [0.1, 0.15) is 11.6 Å². The highest BCUT2D eigenvalue weighted by Crippen LogP contribution is 2.27. The number of nitrogens with two attached hydrogens (primary N) is 1. The Morgan fingerprint density at radius 3 is 2.44 bits per heavy atom. The molecule has 3 nitrogen and oxygen atoms in total. The van der Waals surface area contributed by atoms with E-state index in [1.165, 1.54) is 18.2 Å². The zero-order chi connectivity index (χ0) is 13.1. The monoisotopic (exact) mass is 249 g/mol. The normalized spacial score (nSPS) is 12.4. The van der Waals surface area contributed by atoms with Crippen LogP contribution in [0.5, 0.6) is 0 Å². The number of hydrogen-bond acceptors (Lipinski definition) is 3. The van der Waals surface area contributed by atoms with Gasteiger partial charge in [-0.3, -0.25) is 10.8 Å². The summed E-state index contributed by atoms with van der Waals surface area (Å²) in [5.74, 6) is 4.16. The molecule has 2 rings (SSSR count). The fourth-order valence-electron chi connectivity index (χ4n) is 1.89. The van der Waals surface area contributed by atoms with E-state index in [0.29, 0.717) is 5.56 Å². The first-order valence-corrected chi connectivity index (χ1v) is 5.45. The Morgan fingerprint density at radius 1 is 1.22 bits per heavy atom. The van der Waals surface area contributed by atoms with Gasteiger partial charge in [0, 0.05) is 18.0 Å². The van der Waals surface area contributed by atoms with Crippen LogP contribution in [0, 0.1) is 18.6 Å². The third-order valence-electron chi connectivity index (χ3n) is 2.85. The maximum Gasteiger partial charge on any atom is 0.131 e. The summed E-state index contributed by atoms with van der Waals surface area (Å²) in [4.78, 5) is 3.96. The summed E-state index contributed by atoms with van der Waals surface area (Å²) >= 11 is 0. The Morgan fingerprint density at radius 2 is 1.89 bits per heavy atom. The van der Waals surface area contributed by atoms with E-state index in [0.717, 1.165) is 5.56 Å². The number of aryl methyl sites for hydroxylation is 1. The Labute approximate surface area is 104 Å². The molecule has 0 radical (unpaired) electrons. The minimum absolute atomic E-state index is 0.101. The van der Waals surface area contributed by atoms with E-state index in [4.69, 9.17) is 5.84 Å². The molecular formula is C13H13F2N3. The predicted molar refractivity (Wildman–Crippen MR) is 64.5 cm³/mol. The lowest BCUT2D eigenvalue weighted by Crippen LogP contribution is -2.31. The van der Waals surface area contributed by atoms with Crippen molar-refractivity contribution in [2.45, 2.75) is 13.0 Å². The van der Waals surface area contributed by atoms with Crippen LogP contribution in [0.3, 0.4) is 0 Å². The number of halogens is 2. The molecule has 0 aliphatic heterocycles. The Hall–Kier alpha value is -1.85. The molecule has 5 heteroatoms. The molecule has 0 saturated carbocycles. The zero-order valence-corrected chi connectivity index (χ0v) is 9.82. The topological polar surface area (TPSA) is 50.9 Å². The molecule has 0 aliphatic rings. The zero-order valence-electron chi connectivity index (χ0n) is 9.82. The lowest BCUT2D eigenvalue weighted by atomic mass is 9.96. The molecule has 94 valence electrons. The van der Waals surface area contributed by atoms with Crippen LogP contribution in [0.2, 0.25) is 0 Å². The van der Waals surface area contributed by atoms with Crippen molar-refractivity contribution in [1.82, 2.24) is 10.4 Å². The van der Waals surface area contributed by atoms with Gasteiger partial charge in [0.2, 0.25) is 0 Å². The molecule has 18 heavy (non-hydrogen) atoms.